The Balaban J connectivity index is 1.89. The third-order valence-corrected chi connectivity index (χ3v) is 8.90. The van der Waals surface area contributed by atoms with Crippen molar-refractivity contribution in [2.75, 3.05) is 19.5 Å². The Labute approximate surface area is 224 Å². The topological polar surface area (TPSA) is 125 Å². The first-order chi connectivity index (χ1) is 16.4. The molecule has 14 heteroatoms. The van der Waals surface area contributed by atoms with Crippen molar-refractivity contribution in [1.29, 1.82) is 0 Å². The molecule has 1 fully saturated rings. The molecule has 0 aliphatic carbocycles. The standard InChI is InChI=1S/C21H21Cl3N2O7S2/c1-11(27)32-9-13-16(19(30)33-10-21(22,23)24)26-17(29)15(18(26)35(31)20(13)34-2)25-14(28)8-12-6-4-3-5-7-12/h3-7,15,18,20H,8-10H2,1-2H3,(H,25,28)/t15-,18-,20?,35?/m1/s1. The molecule has 0 saturated carbocycles. The number of thioether (sulfide) groups is 1. The highest BCUT2D eigenvalue weighted by Gasteiger charge is 2.64. The summed E-state index contributed by atoms with van der Waals surface area (Å²) < 4.78 is 20.8. The SMILES string of the molecule is CSC1C(COC(C)=O)=C(C(=O)OCC(Cl)(Cl)Cl)N2C(=O)[C@@H](NC(=O)Cc3ccccc3)[C@H]2[S+]1[O-]. The lowest BCUT2D eigenvalue weighted by Crippen LogP contribution is -2.75. The number of amides is 2. The second kappa shape index (κ2) is 11.6. The second-order valence-corrected chi connectivity index (χ2v) is 12.9. The lowest BCUT2D eigenvalue weighted by atomic mass is 10.0. The average Bonchev–Trinajstić information content (AvgIpc) is 2.79. The van der Waals surface area contributed by atoms with E-state index in [0.29, 0.717) is 0 Å². The fraction of sp³-hybridized carbons (Fsp3) is 0.429. The first-order valence-corrected chi connectivity index (χ1v) is 13.8. The Morgan fingerprint density at radius 1 is 1.20 bits per heavy atom. The van der Waals surface area contributed by atoms with Gasteiger partial charge in [-0.25, -0.2) is 4.79 Å². The fourth-order valence-electron chi connectivity index (χ4n) is 3.61. The molecular formula is C21H21Cl3N2O7S2. The number of fused-ring (bicyclic) bond motifs is 1. The van der Waals surface area contributed by atoms with Gasteiger partial charge >= 0.3 is 11.9 Å². The molecule has 1 aromatic carbocycles. The number of hydrogen-bond donors (Lipinski definition) is 1. The molecular weight excluding hydrogens is 563 g/mol. The molecule has 0 aromatic heterocycles. The monoisotopic (exact) mass is 582 g/mol. The fourth-order valence-corrected chi connectivity index (χ4v) is 6.92. The zero-order valence-corrected chi connectivity index (χ0v) is 22.4. The van der Waals surface area contributed by atoms with Gasteiger partial charge in [0.15, 0.2) is 10.6 Å². The van der Waals surface area contributed by atoms with E-state index in [2.05, 4.69) is 5.32 Å². The van der Waals surface area contributed by atoms with Gasteiger partial charge in [0, 0.05) is 6.92 Å². The number of halogens is 3. The van der Waals surface area contributed by atoms with Gasteiger partial charge in [-0.2, -0.15) is 0 Å². The normalized spacial score (nSPS) is 23.8. The summed E-state index contributed by atoms with van der Waals surface area (Å²) in [5.41, 5.74) is 0.613. The average molecular weight is 584 g/mol. The van der Waals surface area contributed by atoms with Crippen LogP contribution in [0.25, 0.3) is 0 Å². The number of hydrogen-bond acceptors (Lipinski definition) is 8. The van der Waals surface area contributed by atoms with E-state index < -0.39 is 67.9 Å². The highest BCUT2D eigenvalue weighted by molar-refractivity contribution is 8.13. The summed E-state index contributed by atoms with van der Waals surface area (Å²) in [4.78, 5) is 51.0. The molecule has 1 saturated heterocycles. The predicted molar refractivity (Wildman–Crippen MR) is 133 cm³/mol. The molecule has 190 valence electrons. The summed E-state index contributed by atoms with van der Waals surface area (Å²) >= 11 is 16.4. The van der Waals surface area contributed by atoms with Gasteiger partial charge in [0.2, 0.25) is 15.1 Å². The number of carbonyl (C=O) groups is 4. The van der Waals surface area contributed by atoms with Crippen LogP contribution in [-0.2, 0) is 46.2 Å². The molecule has 1 aromatic rings. The van der Waals surface area contributed by atoms with E-state index in [4.69, 9.17) is 44.3 Å². The maximum absolute atomic E-state index is 13.4. The van der Waals surface area contributed by atoms with Crippen LogP contribution in [0.3, 0.4) is 0 Å². The van der Waals surface area contributed by atoms with Crippen molar-refractivity contribution in [1.82, 2.24) is 10.2 Å². The minimum atomic E-state index is -1.91. The third kappa shape index (κ3) is 6.58. The van der Waals surface area contributed by atoms with Gasteiger partial charge in [-0.15, -0.1) is 11.8 Å². The lowest BCUT2D eigenvalue weighted by Gasteiger charge is -2.51. The molecule has 2 amide bonds. The predicted octanol–water partition coefficient (Wildman–Crippen LogP) is 2.06. The van der Waals surface area contributed by atoms with Crippen LogP contribution in [0.2, 0.25) is 0 Å². The number of ether oxygens (including phenoxy) is 2. The molecule has 0 bridgehead atoms. The van der Waals surface area contributed by atoms with Crippen molar-refractivity contribution >= 4 is 81.5 Å². The first-order valence-electron chi connectivity index (χ1n) is 10.1. The van der Waals surface area contributed by atoms with E-state index in [-0.39, 0.29) is 17.7 Å². The summed E-state index contributed by atoms with van der Waals surface area (Å²) in [5.74, 6) is -2.76. The minimum absolute atomic E-state index is 0.0155. The van der Waals surface area contributed by atoms with Crippen LogP contribution >= 0.6 is 46.6 Å². The summed E-state index contributed by atoms with van der Waals surface area (Å²) in [6, 6.07) is 7.78. The van der Waals surface area contributed by atoms with Crippen molar-refractivity contribution in [2.24, 2.45) is 0 Å². The quantitative estimate of drug-likeness (QED) is 0.213. The molecule has 9 nitrogen and oxygen atoms in total. The third-order valence-electron chi connectivity index (χ3n) is 5.05. The summed E-state index contributed by atoms with van der Waals surface area (Å²) in [7, 11) is 0. The zero-order valence-electron chi connectivity index (χ0n) is 18.5. The van der Waals surface area contributed by atoms with Crippen LogP contribution in [-0.4, -0.2) is 72.5 Å². The smallest absolute Gasteiger partial charge is 0.355 e. The number of nitrogens with one attached hydrogen (secondary N) is 1. The second-order valence-electron chi connectivity index (χ2n) is 7.55. The van der Waals surface area contributed by atoms with E-state index in [1.54, 1.807) is 30.5 Å². The Morgan fingerprint density at radius 3 is 2.43 bits per heavy atom. The summed E-state index contributed by atoms with van der Waals surface area (Å²) in [5, 5.41) is 1.58. The van der Waals surface area contributed by atoms with Gasteiger partial charge in [0.25, 0.3) is 5.91 Å². The Morgan fingerprint density at radius 2 is 1.86 bits per heavy atom. The van der Waals surface area contributed by atoms with Crippen LogP contribution in [0.4, 0.5) is 0 Å². The van der Waals surface area contributed by atoms with Crippen LogP contribution in [0.15, 0.2) is 41.6 Å². The van der Waals surface area contributed by atoms with Gasteiger partial charge in [-0.3, -0.25) is 19.3 Å². The maximum atomic E-state index is 13.4. The molecule has 2 unspecified atom stereocenters. The minimum Gasteiger partial charge on any atom is -0.614 e. The Bertz CT molecular complexity index is 1040. The van der Waals surface area contributed by atoms with Crippen molar-refractivity contribution in [3.63, 3.8) is 0 Å². The highest BCUT2D eigenvalue weighted by Crippen LogP contribution is 2.44. The van der Waals surface area contributed by atoms with Crippen molar-refractivity contribution in [3.05, 3.63) is 47.2 Å². The summed E-state index contributed by atoms with van der Waals surface area (Å²) in [6.07, 6.45) is 1.67. The number of β-lactam (4-membered cyclic amide) rings is 1. The molecule has 2 aliphatic heterocycles. The lowest BCUT2D eigenvalue weighted by molar-refractivity contribution is -0.153. The molecule has 2 heterocycles. The van der Waals surface area contributed by atoms with Crippen LogP contribution < -0.4 is 5.32 Å². The van der Waals surface area contributed by atoms with Crippen molar-refractivity contribution in [2.45, 2.75) is 33.1 Å². The number of alkyl halides is 3. The molecule has 3 rings (SSSR count). The molecule has 35 heavy (non-hydrogen) atoms. The van der Waals surface area contributed by atoms with Crippen molar-refractivity contribution < 1.29 is 33.2 Å². The van der Waals surface area contributed by atoms with Crippen LogP contribution in [0, 0.1) is 0 Å². The van der Waals surface area contributed by atoms with Gasteiger partial charge < -0.3 is 19.3 Å². The Kier molecular flexibility index (Phi) is 9.27. The number of rotatable bonds is 8. The molecule has 0 radical (unpaired) electrons. The van der Waals surface area contributed by atoms with E-state index >= 15 is 0 Å². The van der Waals surface area contributed by atoms with Gasteiger partial charge in [0.05, 0.1) is 12.0 Å². The number of carbonyl (C=O) groups excluding carboxylic acids is 4. The maximum Gasteiger partial charge on any atom is 0.355 e. The highest BCUT2D eigenvalue weighted by atomic mass is 35.6. The zero-order chi connectivity index (χ0) is 25.9. The number of esters is 2. The van der Waals surface area contributed by atoms with Gasteiger partial charge in [0.1, 0.15) is 18.9 Å². The van der Waals surface area contributed by atoms with E-state index in [1.807, 2.05) is 6.07 Å². The molecule has 0 spiro atoms. The molecule has 4 atom stereocenters. The Hall–Kier alpha value is -1.63. The largest absolute Gasteiger partial charge is 0.614 e. The van der Waals surface area contributed by atoms with Gasteiger partial charge in [-0.1, -0.05) is 65.1 Å². The van der Waals surface area contributed by atoms with Crippen LogP contribution in [0.1, 0.15) is 12.5 Å². The van der Waals surface area contributed by atoms with Gasteiger partial charge in [-0.05, 0) is 23.0 Å². The summed E-state index contributed by atoms with van der Waals surface area (Å²) in [6.45, 7) is 0.162. The van der Waals surface area contributed by atoms with E-state index in [9.17, 15) is 23.7 Å². The van der Waals surface area contributed by atoms with E-state index in [0.717, 1.165) is 22.2 Å². The number of benzene rings is 1. The first kappa shape index (κ1) is 27.9. The number of nitrogens with zero attached hydrogens (tertiary/aromatic N) is 1. The molecule has 1 N–H and O–H groups in total. The molecule has 2 aliphatic rings. The van der Waals surface area contributed by atoms with Crippen LogP contribution in [0.5, 0.6) is 0 Å². The van der Waals surface area contributed by atoms with Crippen molar-refractivity contribution in [3.8, 4) is 0 Å². The van der Waals surface area contributed by atoms with E-state index in [1.165, 1.54) is 6.92 Å².